The van der Waals surface area contributed by atoms with E-state index in [1.807, 2.05) is 7.05 Å². The van der Waals surface area contributed by atoms with Crippen LogP contribution in [0.2, 0.25) is 0 Å². The zero-order chi connectivity index (χ0) is 14.6. The van der Waals surface area contributed by atoms with Crippen LogP contribution in [0.3, 0.4) is 0 Å². The molecule has 1 aliphatic rings. The molecule has 3 nitrogen and oxygen atoms in total. The molecule has 0 spiro atoms. The Kier molecular flexibility index (Phi) is 5.22. The second-order valence-electron chi connectivity index (χ2n) is 6.00. The van der Waals surface area contributed by atoms with Gasteiger partial charge in [0.25, 0.3) is 0 Å². The van der Waals surface area contributed by atoms with Crippen molar-refractivity contribution in [3.05, 3.63) is 21.4 Å². The predicted octanol–water partition coefficient (Wildman–Crippen LogP) is 3.29. The Balaban J connectivity index is 1.85. The Bertz CT molecular complexity index is 442. The van der Waals surface area contributed by atoms with Crippen molar-refractivity contribution in [1.82, 2.24) is 10.6 Å². The fourth-order valence-electron chi connectivity index (χ4n) is 3.04. The largest absolute Gasteiger partial charge is 0.351 e. The molecule has 4 heteroatoms. The number of carbonyl (C=O) groups excluding carboxylic acids is 1. The van der Waals surface area contributed by atoms with Crippen LogP contribution in [-0.4, -0.2) is 18.5 Å². The molecule has 0 aliphatic heterocycles. The average molecular weight is 294 g/mol. The average Bonchev–Trinajstić information content (AvgIpc) is 2.77. The number of nitrogens with one attached hydrogen (secondary N) is 2. The van der Waals surface area contributed by atoms with Gasteiger partial charge in [-0.3, -0.25) is 4.79 Å². The molecular formula is C16H26N2OS. The SMILES string of the molecule is CNC1(CC(=O)NCc2cc(C)c(C)s2)CCCCC1. The van der Waals surface area contributed by atoms with Gasteiger partial charge < -0.3 is 10.6 Å². The van der Waals surface area contributed by atoms with E-state index in [9.17, 15) is 4.79 Å². The van der Waals surface area contributed by atoms with Gasteiger partial charge in [-0.25, -0.2) is 0 Å². The van der Waals surface area contributed by atoms with Gasteiger partial charge >= 0.3 is 0 Å². The third-order valence-electron chi connectivity index (χ3n) is 4.52. The van der Waals surface area contributed by atoms with E-state index in [1.54, 1.807) is 11.3 Å². The van der Waals surface area contributed by atoms with Crippen LogP contribution in [0.1, 0.15) is 53.8 Å². The molecule has 1 saturated carbocycles. The van der Waals surface area contributed by atoms with Crippen LogP contribution < -0.4 is 10.6 Å². The first-order valence-electron chi connectivity index (χ1n) is 7.56. The van der Waals surface area contributed by atoms with Crippen LogP contribution in [0.15, 0.2) is 6.07 Å². The minimum atomic E-state index is 0.0314. The first kappa shape index (κ1) is 15.5. The summed E-state index contributed by atoms with van der Waals surface area (Å²) in [6.45, 7) is 4.91. The van der Waals surface area contributed by atoms with Crippen LogP contribution >= 0.6 is 11.3 Å². The van der Waals surface area contributed by atoms with E-state index < -0.39 is 0 Å². The Morgan fingerprint density at radius 1 is 1.30 bits per heavy atom. The lowest BCUT2D eigenvalue weighted by Gasteiger charge is -2.36. The van der Waals surface area contributed by atoms with Crippen LogP contribution in [0.5, 0.6) is 0 Å². The summed E-state index contributed by atoms with van der Waals surface area (Å²) in [4.78, 5) is 14.8. The third kappa shape index (κ3) is 3.83. The molecule has 1 fully saturated rings. The normalized spacial score (nSPS) is 17.9. The molecule has 2 rings (SSSR count). The molecule has 1 amide bonds. The summed E-state index contributed by atoms with van der Waals surface area (Å²) in [7, 11) is 1.99. The quantitative estimate of drug-likeness (QED) is 0.875. The number of aryl methyl sites for hydroxylation is 2. The Morgan fingerprint density at radius 2 is 2.00 bits per heavy atom. The van der Waals surface area contributed by atoms with Crippen molar-refractivity contribution in [2.75, 3.05) is 7.05 Å². The first-order valence-corrected chi connectivity index (χ1v) is 8.38. The zero-order valence-electron chi connectivity index (χ0n) is 12.8. The highest BCUT2D eigenvalue weighted by Gasteiger charge is 2.32. The van der Waals surface area contributed by atoms with E-state index in [0.717, 1.165) is 12.8 Å². The predicted molar refractivity (Wildman–Crippen MR) is 85.1 cm³/mol. The van der Waals surface area contributed by atoms with E-state index in [0.29, 0.717) is 13.0 Å². The summed E-state index contributed by atoms with van der Waals surface area (Å²) < 4.78 is 0. The molecule has 20 heavy (non-hydrogen) atoms. The molecule has 0 radical (unpaired) electrons. The highest BCUT2D eigenvalue weighted by molar-refractivity contribution is 7.12. The standard InChI is InChI=1S/C16H26N2OS/c1-12-9-14(20-13(12)2)11-18-15(19)10-16(17-3)7-5-4-6-8-16/h9,17H,4-8,10-11H2,1-3H3,(H,18,19). The molecule has 2 N–H and O–H groups in total. The van der Waals surface area contributed by atoms with Crippen LogP contribution in [0.4, 0.5) is 0 Å². The highest BCUT2D eigenvalue weighted by Crippen LogP contribution is 2.30. The lowest BCUT2D eigenvalue weighted by molar-refractivity contribution is -0.123. The van der Waals surface area contributed by atoms with E-state index in [1.165, 1.54) is 34.6 Å². The van der Waals surface area contributed by atoms with Gasteiger partial charge in [-0.05, 0) is 45.4 Å². The Hall–Kier alpha value is -0.870. The second kappa shape index (κ2) is 6.72. The number of thiophene rings is 1. The first-order chi connectivity index (χ1) is 9.54. The highest BCUT2D eigenvalue weighted by atomic mass is 32.1. The van der Waals surface area contributed by atoms with Gasteiger partial charge in [-0.15, -0.1) is 11.3 Å². The third-order valence-corrected chi connectivity index (χ3v) is 5.67. The van der Waals surface area contributed by atoms with E-state index in [4.69, 9.17) is 0 Å². The molecule has 0 bridgehead atoms. The van der Waals surface area contributed by atoms with E-state index in [-0.39, 0.29) is 11.4 Å². The van der Waals surface area contributed by atoms with Crippen LogP contribution in [0, 0.1) is 13.8 Å². The summed E-state index contributed by atoms with van der Waals surface area (Å²) >= 11 is 1.78. The lowest BCUT2D eigenvalue weighted by atomic mass is 9.79. The van der Waals surface area contributed by atoms with E-state index in [2.05, 4.69) is 30.5 Å². The van der Waals surface area contributed by atoms with Crippen LogP contribution in [-0.2, 0) is 11.3 Å². The molecule has 1 heterocycles. The molecule has 0 unspecified atom stereocenters. The monoisotopic (exact) mass is 294 g/mol. The minimum absolute atomic E-state index is 0.0314. The van der Waals surface area contributed by atoms with Crippen LogP contribution in [0.25, 0.3) is 0 Å². The zero-order valence-corrected chi connectivity index (χ0v) is 13.7. The number of carbonyl (C=O) groups is 1. The number of hydrogen-bond donors (Lipinski definition) is 2. The maximum Gasteiger partial charge on any atom is 0.222 e. The molecule has 0 atom stereocenters. The smallest absolute Gasteiger partial charge is 0.222 e. The van der Waals surface area contributed by atoms with Gasteiger partial charge in [0.05, 0.1) is 6.54 Å². The van der Waals surface area contributed by atoms with Gasteiger partial charge in [0.15, 0.2) is 0 Å². The molecule has 112 valence electrons. The van der Waals surface area contributed by atoms with Crippen molar-refractivity contribution >= 4 is 17.2 Å². The fraction of sp³-hybridized carbons (Fsp3) is 0.688. The molecule has 1 aromatic heterocycles. The minimum Gasteiger partial charge on any atom is -0.351 e. The van der Waals surface area contributed by atoms with Gasteiger partial charge in [0.2, 0.25) is 5.91 Å². The van der Waals surface area contributed by atoms with Crippen molar-refractivity contribution in [2.24, 2.45) is 0 Å². The summed E-state index contributed by atoms with van der Waals surface area (Å²) in [6, 6.07) is 2.18. The number of hydrogen-bond acceptors (Lipinski definition) is 3. The van der Waals surface area contributed by atoms with Crippen molar-refractivity contribution in [1.29, 1.82) is 0 Å². The molecule has 0 aromatic carbocycles. The number of amides is 1. The molecule has 0 saturated heterocycles. The van der Waals surface area contributed by atoms with Gasteiger partial charge in [-0.2, -0.15) is 0 Å². The lowest BCUT2D eigenvalue weighted by Crippen LogP contribution is -2.48. The maximum atomic E-state index is 12.2. The molecule has 1 aromatic rings. The maximum absolute atomic E-state index is 12.2. The van der Waals surface area contributed by atoms with Gasteiger partial charge in [-0.1, -0.05) is 19.3 Å². The number of rotatable bonds is 5. The molecular weight excluding hydrogens is 268 g/mol. The van der Waals surface area contributed by atoms with Crippen molar-refractivity contribution in [3.8, 4) is 0 Å². The van der Waals surface area contributed by atoms with Gasteiger partial charge in [0, 0.05) is 21.7 Å². The van der Waals surface area contributed by atoms with Crippen molar-refractivity contribution < 1.29 is 4.79 Å². The molecule has 1 aliphatic carbocycles. The summed E-state index contributed by atoms with van der Waals surface area (Å²) in [5.74, 6) is 0.171. The topological polar surface area (TPSA) is 41.1 Å². The summed E-state index contributed by atoms with van der Waals surface area (Å²) in [6.07, 6.45) is 6.61. The van der Waals surface area contributed by atoms with E-state index >= 15 is 0 Å². The second-order valence-corrected chi connectivity index (χ2v) is 7.34. The van der Waals surface area contributed by atoms with Crippen molar-refractivity contribution in [2.45, 2.75) is 64.5 Å². The van der Waals surface area contributed by atoms with Gasteiger partial charge in [0.1, 0.15) is 0 Å². The summed E-state index contributed by atoms with van der Waals surface area (Å²) in [5, 5.41) is 6.48. The fourth-order valence-corrected chi connectivity index (χ4v) is 4.03. The Labute approximate surface area is 126 Å². The Morgan fingerprint density at radius 3 is 2.55 bits per heavy atom. The van der Waals surface area contributed by atoms with Crippen molar-refractivity contribution in [3.63, 3.8) is 0 Å². The summed E-state index contributed by atoms with van der Waals surface area (Å²) in [5.41, 5.74) is 1.35.